The molecule has 24 heavy (non-hydrogen) atoms. The summed E-state index contributed by atoms with van der Waals surface area (Å²) >= 11 is 0. The zero-order chi connectivity index (χ0) is 17.4. The van der Waals surface area contributed by atoms with Gasteiger partial charge in [0.05, 0.1) is 0 Å². The predicted molar refractivity (Wildman–Crippen MR) is 102 cm³/mol. The van der Waals surface area contributed by atoms with Gasteiger partial charge >= 0.3 is 6.85 Å². The first-order chi connectivity index (χ1) is 11.6. The Morgan fingerprint density at radius 1 is 1.33 bits per heavy atom. The van der Waals surface area contributed by atoms with E-state index in [9.17, 15) is 9.90 Å². The van der Waals surface area contributed by atoms with Crippen LogP contribution in [0.1, 0.15) is 50.2 Å². The van der Waals surface area contributed by atoms with Crippen LogP contribution < -0.4 is 0 Å². The number of carbonyl (C=O) groups is 1. The molecule has 3 nitrogen and oxygen atoms in total. The minimum atomic E-state index is -0.367. The van der Waals surface area contributed by atoms with Crippen LogP contribution in [0.5, 0.6) is 0 Å². The number of hydrogen-bond donors (Lipinski definition) is 1. The van der Waals surface area contributed by atoms with Gasteiger partial charge in [0, 0.05) is 25.2 Å². The molecule has 4 heteroatoms. The van der Waals surface area contributed by atoms with Gasteiger partial charge in [0.15, 0.2) is 0 Å². The van der Waals surface area contributed by atoms with E-state index in [0.29, 0.717) is 6.42 Å². The summed E-state index contributed by atoms with van der Waals surface area (Å²) in [4.78, 5) is 16.8. The highest BCUT2D eigenvalue weighted by Gasteiger charge is 2.24. The Labute approximate surface area is 146 Å². The summed E-state index contributed by atoms with van der Waals surface area (Å²) in [5.41, 5.74) is 3.66. The average molecular weight is 325 g/mol. The number of carbonyl (C=O) groups excluding carboxylic acids is 1. The summed E-state index contributed by atoms with van der Waals surface area (Å²) < 4.78 is 0. The van der Waals surface area contributed by atoms with Gasteiger partial charge in [-0.05, 0) is 43.2 Å². The summed E-state index contributed by atoms with van der Waals surface area (Å²) in [7, 11) is 0. The van der Waals surface area contributed by atoms with Crippen molar-refractivity contribution in [3.8, 4) is 0 Å². The predicted octanol–water partition coefficient (Wildman–Crippen LogP) is 3.90. The first kappa shape index (κ1) is 18.7. The maximum absolute atomic E-state index is 12.4. The summed E-state index contributed by atoms with van der Waals surface area (Å²) in [6.45, 7) is 3.65. The van der Waals surface area contributed by atoms with Gasteiger partial charge in [0.1, 0.15) is 5.68 Å². The molecule has 0 aliphatic heterocycles. The third kappa shape index (κ3) is 5.45. The third-order valence-electron chi connectivity index (χ3n) is 4.82. The van der Waals surface area contributed by atoms with Crippen LogP contribution in [-0.2, 0) is 11.2 Å². The average Bonchev–Trinajstić information content (AvgIpc) is 2.65. The van der Waals surface area contributed by atoms with Gasteiger partial charge < -0.3 is 14.8 Å². The van der Waals surface area contributed by atoms with Crippen molar-refractivity contribution in [2.45, 2.75) is 52.3 Å². The van der Waals surface area contributed by atoms with E-state index in [1.54, 1.807) is 6.21 Å². The van der Waals surface area contributed by atoms with Gasteiger partial charge in [-0.3, -0.25) is 0 Å². The highest BCUT2D eigenvalue weighted by molar-refractivity contribution is 6.88. The number of rotatable bonds is 8. The number of allylic oxidation sites excluding steroid dienone is 1. The van der Waals surface area contributed by atoms with E-state index in [-0.39, 0.29) is 25.1 Å². The van der Waals surface area contributed by atoms with Crippen LogP contribution in [0.2, 0.25) is 6.82 Å². The number of aliphatic hydroxyl groups excluding tert-OH is 1. The molecule has 1 atom stereocenters. The van der Waals surface area contributed by atoms with Crippen LogP contribution >= 0.6 is 0 Å². The second kappa shape index (κ2) is 9.58. The molecule has 1 N–H and O–H groups in total. The van der Waals surface area contributed by atoms with Gasteiger partial charge in [-0.1, -0.05) is 49.7 Å². The Kier molecular flexibility index (Phi) is 7.45. The lowest BCUT2D eigenvalue weighted by molar-refractivity contribution is -0.113. The zero-order valence-corrected chi connectivity index (χ0v) is 14.9. The smallest absolute Gasteiger partial charge is 0.350 e. The number of aryl methyl sites for hydroxylation is 1. The maximum atomic E-state index is 12.4. The van der Waals surface area contributed by atoms with E-state index in [0.717, 1.165) is 31.2 Å². The van der Waals surface area contributed by atoms with E-state index < -0.39 is 0 Å². The topological polar surface area (TPSA) is 49.7 Å². The molecule has 128 valence electrons. The quantitative estimate of drug-likeness (QED) is 0.448. The first-order valence-corrected chi connectivity index (χ1v) is 9.08. The van der Waals surface area contributed by atoms with Crippen LogP contribution in [0.15, 0.2) is 40.8 Å². The van der Waals surface area contributed by atoms with Crippen molar-refractivity contribution in [1.82, 2.24) is 0 Å². The minimum Gasteiger partial charge on any atom is -0.396 e. The first-order valence-electron chi connectivity index (χ1n) is 9.08. The molecule has 0 fully saturated rings. The molecular formula is C20H28BNO2. The Balaban J connectivity index is 1.92. The fourth-order valence-electron chi connectivity index (χ4n) is 3.08. The number of aliphatic hydroxyl groups is 1. The summed E-state index contributed by atoms with van der Waals surface area (Å²) in [6.07, 6.45) is 9.85. The van der Waals surface area contributed by atoms with Crippen molar-refractivity contribution in [3.05, 3.63) is 47.0 Å². The highest BCUT2D eigenvalue weighted by Crippen LogP contribution is 2.26. The van der Waals surface area contributed by atoms with Crippen LogP contribution in [0, 0.1) is 5.92 Å². The molecule has 1 aliphatic carbocycles. The second-order valence-corrected chi connectivity index (χ2v) is 6.62. The van der Waals surface area contributed by atoms with Crippen molar-refractivity contribution < 1.29 is 9.90 Å². The molecular weight excluding hydrogens is 297 g/mol. The van der Waals surface area contributed by atoms with Gasteiger partial charge in [0.2, 0.25) is 0 Å². The molecule has 0 spiro atoms. The maximum Gasteiger partial charge on any atom is 0.350 e. The molecule has 1 unspecified atom stereocenters. The van der Waals surface area contributed by atoms with Crippen molar-refractivity contribution in [1.29, 1.82) is 0 Å². The standard InChI is InChI=1S/C20H28BNO2/c1-3-16-9-11-17(12-10-16)14-22-21(2)20(24)13-19(15-23)18-7-5-4-6-8-18/h7,9-12,14,19,23H,3-6,8,13,15H2,1-2H3/b22-14+. The van der Waals surface area contributed by atoms with Crippen LogP contribution in [-0.4, -0.2) is 30.5 Å². The van der Waals surface area contributed by atoms with E-state index in [1.807, 2.05) is 19.0 Å². The largest absolute Gasteiger partial charge is 0.396 e. The normalized spacial score (nSPS) is 16.0. The molecule has 1 aromatic carbocycles. The Hall–Kier alpha value is -1.68. The summed E-state index contributed by atoms with van der Waals surface area (Å²) in [6, 6.07) is 8.24. The van der Waals surface area contributed by atoms with Crippen molar-refractivity contribution >= 4 is 18.7 Å². The highest BCUT2D eigenvalue weighted by atomic mass is 16.3. The molecule has 0 heterocycles. The van der Waals surface area contributed by atoms with Crippen LogP contribution in [0.25, 0.3) is 0 Å². The van der Waals surface area contributed by atoms with Crippen LogP contribution in [0.3, 0.4) is 0 Å². The fraction of sp³-hybridized carbons (Fsp3) is 0.500. The Bertz CT molecular complexity index is 592. The lowest BCUT2D eigenvalue weighted by atomic mass is 9.59. The molecule has 0 amide bonds. The molecule has 0 aromatic heterocycles. The third-order valence-corrected chi connectivity index (χ3v) is 4.82. The summed E-state index contributed by atoms with van der Waals surface area (Å²) in [5.74, 6) is -0.0284. The second-order valence-electron chi connectivity index (χ2n) is 6.62. The zero-order valence-electron chi connectivity index (χ0n) is 14.9. The van der Waals surface area contributed by atoms with Crippen molar-refractivity contribution in [3.63, 3.8) is 0 Å². The van der Waals surface area contributed by atoms with Gasteiger partial charge in [0.25, 0.3) is 0 Å². The van der Waals surface area contributed by atoms with E-state index in [1.165, 1.54) is 17.6 Å². The van der Waals surface area contributed by atoms with Gasteiger partial charge in [-0.15, -0.1) is 0 Å². The molecule has 0 saturated heterocycles. The lowest BCUT2D eigenvalue weighted by Crippen LogP contribution is -2.25. The van der Waals surface area contributed by atoms with E-state index in [2.05, 4.69) is 30.0 Å². The monoisotopic (exact) mass is 325 g/mol. The fourth-order valence-corrected chi connectivity index (χ4v) is 3.08. The van der Waals surface area contributed by atoms with Crippen LogP contribution in [0.4, 0.5) is 0 Å². The number of hydrogen-bond acceptors (Lipinski definition) is 3. The molecule has 0 saturated carbocycles. The lowest BCUT2D eigenvalue weighted by Gasteiger charge is -2.21. The van der Waals surface area contributed by atoms with E-state index in [4.69, 9.17) is 0 Å². The van der Waals surface area contributed by atoms with E-state index >= 15 is 0 Å². The minimum absolute atomic E-state index is 0.0284. The molecule has 2 rings (SSSR count). The number of nitrogens with zero attached hydrogens (tertiary/aromatic N) is 1. The summed E-state index contributed by atoms with van der Waals surface area (Å²) in [5, 5.41) is 9.63. The Morgan fingerprint density at radius 2 is 2.08 bits per heavy atom. The molecule has 1 aliphatic rings. The SMILES string of the molecule is CCc1ccc(/C=N/B(C)C(=O)CC(CO)C2=CCCCC2)cc1. The van der Waals surface area contributed by atoms with Gasteiger partial charge in [-0.25, -0.2) is 0 Å². The molecule has 0 radical (unpaired) electrons. The Morgan fingerprint density at radius 3 is 2.67 bits per heavy atom. The molecule has 1 aromatic rings. The van der Waals surface area contributed by atoms with Gasteiger partial charge in [-0.2, -0.15) is 0 Å². The number of benzene rings is 1. The molecule has 0 bridgehead atoms. The van der Waals surface area contributed by atoms with Crippen molar-refractivity contribution in [2.75, 3.05) is 6.61 Å². The van der Waals surface area contributed by atoms with Crippen molar-refractivity contribution in [2.24, 2.45) is 10.8 Å².